The first kappa shape index (κ1) is 19.1. The van der Waals surface area contributed by atoms with Crippen molar-refractivity contribution in [3.63, 3.8) is 0 Å². The second-order valence-electron chi connectivity index (χ2n) is 8.53. The van der Waals surface area contributed by atoms with Gasteiger partial charge in [0.2, 0.25) is 0 Å². The lowest BCUT2D eigenvalue weighted by Crippen LogP contribution is -2.48. The Balaban J connectivity index is 1.78. The molecule has 0 unspecified atom stereocenters. The van der Waals surface area contributed by atoms with Crippen molar-refractivity contribution in [1.29, 1.82) is 0 Å². The lowest BCUT2D eigenvalue weighted by Gasteiger charge is -2.39. The van der Waals surface area contributed by atoms with Crippen molar-refractivity contribution >= 4 is 33.5 Å². The van der Waals surface area contributed by atoms with E-state index in [4.69, 9.17) is 9.47 Å². The van der Waals surface area contributed by atoms with Gasteiger partial charge in [-0.05, 0) is 51.9 Å². The van der Waals surface area contributed by atoms with Crippen molar-refractivity contribution in [1.82, 2.24) is 0 Å². The summed E-state index contributed by atoms with van der Waals surface area (Å²) in [5, 5.41) is 4.39. The summed E-state index contributed by atoms with van der Waals surface area (Å²) in [7, 11) is 1.41. The van der Waals surface area contributed by atoms with E-state index >= 15 is 0 Å². The van der Waals surface area contributed by atoms with Crippen LogP contribution in [0.15, 0.2) is 48.5 Å². The molecular weight excluding hydrogens is 376 g/mol. The summed E-state index contributed by atoms with van der Waals surface area (Å²) < 4.78 is 11.2. The summed E-state index contributed by atoms with van der Waals surface area (Å²) >= 11 is 0. The zero-order chi connectivity index (χ0) is 20.9. The molecule has 6 rings (SSSR count). The smallest absolute Gasteiger partial charge is 0.318 e. The van der Waals surface area contributed by atoms with E-state index in [1.807, 2.05) is 24.3 Å². The molecule has 0 aromatic heterocycles. The van der Waals surface area contributed by atoms with Crippen LogP contribution in [0.3, 0.4) is 0 Å². The predicted molar refractivity (Wildman–Crippen MR) is 116 cm³/mol. The summed E-state index contributed by atoms with van der Waals surface area (Å²) in [6.45, 7) is 2.14. The van der Waals surface area contributed by atoms with Gasteiger partial charge in [-0.25, -0.2) is 0 Å². The largest absolute Gasteiger partial charge is 0.469 e. The molecule has 4 heteroatoms. The van der Waals surface area contributed by atoms with Crippen LogP contribution in [0.1, 0.15) is 43.7 Å². The molecule has 3 atom stereocenters. The van der Waals surface area contributed by atoms with Crippen molar-refractivity contribution in [2.45, 2.75) is 50.5 Å². The fourth-order valence-electron chi connectivity index (χ4n) is 5.75. The van der Waals surface area contributed by atoms with E-state index in [9.17, 15) is 9.59 Å². The molecule has 0 saturated carbocycles. The maximum atomic E-state index is 13.6. The number of carbonyl (C=O) groups is 2. The molecule has 30 heavy (non-hydrogen) atoms. The average molecular weight is 402 g/mol. The maximum Gasteiger partial charge on any atom is 0.318 e. The molecule has 0 amide bonds. The Kier molecular flexibility index (Phi) is 4.53. The van der Waals surface area contributed by atoms with Gasteiger partial charge >= 0.3 is 11.9 Å². The number of rotatable bonds is 5. The highest BCUT2D eigenvalue weighted by Crippen LogP contribution is 2.56. The van der Waals surface area contributed by atoms with Crippen LogP contribution < -0.4 is 0 Å². The van der Waals surface area contributed by atoms with Gasteiger partial charge in [-0.2, -0.15) is 0 Å². The van der Waals surface area contributed by atoms with E-state index in [0.717, 1.165) is 51.9 Å². The highest BCUT2D eigenvalue weighted by molar-refractivity contribution is 6.14. The molecule has 1 saturated heterocycles. The molecule has 0 N–H and O–H groups in total. The molecule has 2 aliphatic carbocycles. The number of hydrogen-bond donors (Lipinski definition) is 0. The van der Waals surface area contributed by atoms with E-state index < -0.39 is 17.4 Å². The van der Waals surface area contributed by atoms with Crippen molar-refractivity contribution in [2.24, 2.45) is 5.92 Å². The number of esters is 2. The highest BCUT2D eigenvalue weighted by atomic mass is 16.6. The second kappa shape index (κ2) is 7.12. The molecule has 1 spiro atoms. The van der Waals surface area contributed by atoms with Gasteiger partial charge in [0.1, 0.15) is 17.4 Å². The number of carbonyl (C=O) groups excluding carboxylic acids is 2. The van der Waals surface area contributed by atoms with Crippen LogP contribution in [-0.2, 0) is 30.9 Å². The Morgan fingerprint density at radius 1 is 1.03 bits per heavy atom. The number of methoxy groups -OCH3 is 1. The molecule has 3 aliphatic rings. The van der Waals surface area contributed by atoms with Crippen LogP contribution in [0.25, 0.3) is 21.5 Å². The normalized spacial score (nSPS) is 24.7. The molecule has 154 valence electrons. The number of benzene rings is 3. The fourth-order valence-corrected chi connectivity index (χ4v) is 5.75. The van der Waals surface area contributed by atoms with Crippen molar-refractivity contribution in [3.05, 3.63) is 59.7 Å². The van der Waals surface area contributed by atoms with E-state index in [2.05, 4.69) is 31.2 Å². The van der Waals surface area contributed by atoms with Crippen LogP contribution >= 0.6 is 0 Å². The molecule has 0 radical (unpaired) electrons. The van der Waals surface area contributed by atoms with Crippen LogP contribution in [0, 0.1) is 5.92 Å². The molecule has 3 aromatic rings. The second-order valence-corrected chi connectivity index (χ2v) is 8.53. The predicted octanol–water partition coefficient (Wildman–Crippen LogP) is 5.08. The topological polar surface area (TPSA) is 52.6 Å². The van der Waals surface area contributed by atoms with Crippen LogP contribution in [0.4, 0.5) is 0 Å². The molecule has 1 fully saturated rings. The zero-order valence-electron chi connectivity index (χ0n) is 17.4. The van der Waals surface area contributed by atoms with Crippen LogP contribution in [0.5, 0.6) is 0 Å². The van der Waals surface area contributed by atoms with Crippen molar-refractivity contribution in [2.75, 3.05) is 7.11 Å². The number of cyclic esters (lactones) is 1. The minimum atomic E-state index is -1.01. The number of hydrogen-bond acceptors (Lipinski definition) is 4. The van der Waals surface area contributed by atoms with Gasteiger partial charge < -0.3 is 9.47 Å². The van der Waals surface area contributed by atoms with Crippen molar-refractivity contribution < 1.29 is 19.1 Å². The molecule has 1 aliphatic heterocycles. The van der Waals surface area contributed by atoms with Gasteiger partial charge in [0.05, 0.1) is 7.11 Å². The minimum absolute atomic E-state index is 0.282. The Bertz CT molecular complexity index is 1110. The van der Waals surface area contributed by atoms with E-state index in [1.165, 1.54) is 7.11 Å². The average Bonchev–Trinajstić information content (AvgIpc) is 3.04. The maximum absolute atomic E-state index is 13.6. The van der Waals surface area contributed by atoms with Gasteiger partial charge in [0.15, 0.2) is 0 Å². The Morgan fingerprint density at radius 3 is 2.20 bits per heavy atom. The lowest BCUT2D eigenvalue weighted by molar-refractivity contribution is -0.149. The molecule has 2 bridgehead atoms. The van der Waals surface area contributed by atoms with Crippen molar-refractivity contribution in [3.8, 4) is 0 Å². The molecule has 3 aromatic carbocycles. The number of unbranched alkanes of at least 4 members (excludes halogenated alkanes) is 2. The van der Waals surface area contributed by atoms with Gasteiger partial charge in [-0.15, -0.1) is 0 Å². The Morgan fingerprint density at radius 2 is 1.63 bits per heavy atom. The first-order valence-electron chi connectivity index (χ1n) is 10.8. The first-order valence-corrected chi connectivity index (χ1v) is 10.8. The van der Waals surface area contributed by atoms with Gasteiger partial charge in [0, 0.05) is 0 Å². The number of ether oxygens (including phenoxy) is 2. The Labute approximate surface area is 176 Å². The van der Waals surface area contributed by atoms with E-state index in [-0.39, 0.29) is 11.9 Å². The Hall–Kier alpha value is -2.88. The van der Waals surface area contributed by atoms with E-state index in [0.29, 0.717) is 12.8 Å². The third-order valence-electron chi connectivity index (χ3n) is 7.02. The molecule has 4 nitrogen and oxygen atoms in total. The lowest BCUT2D eigenvalue weighted by atomic mass is 9.59. The minimum Gasteiger partial charge on any atom is -0.469 e. The third-order valence-corrected chi connectivity index (χ3v) is 7.02. The SMILES string of the molecule is CCCCC[C@@H]1OC(=O)[C@]2(Cc3c4ccccc4c2c2ccccc32)[C@@H]1C(=O)OC. The molecule has 1 heterocycles. The fraction of sp³-hybridized carbons (Fsp3) is 0.385. The zero-order valence-corrected chi connectivity index (χ0v) is 17.4. The monoisotopic (exact) mass is 402 g/mol. The van der Waals surface area contributed by atoms with Crippen LogP contribution in [-0.4, -0.2) is 25.2 Å². The standard InChI is InChI=1S/C26H26O4/c1-3-4-5-14-21-23(24(27)29-2)26(25(28)30-21)15-20-16-10-6-8-12-18(16)22(26)19-13-9-7-11-17(19)20/h6-13,21,23H,3-5,14-15H2,1-2H3/t21-,23-,26-/m0/s1. The summed E-state index contributed by atoms with van der Waals surface area (Å²) in [5.41, 5.74) is 1.04. The van der Waals surface area contributed by atoms with Gasteiger partial charge in [-0.1, -0.05) is 68.3 Å². The summed E-state index contributed by atoms with van der Waals surface area (Å²) in [6.07, 6.45) is 3.78. The highest BCUT2D eigenvalue weighted by Gasteiger charge is 2.64. The summed E-state index contributed by atoms with van der Waals surface area (Å²) in [5.74, 6) is -1.26. The van der Waals surface area contributed by atoms with Gasteiger partial charge in [-0.3, -0.25) is 9.59 Å². The van der Waals surface area contributed by atoms with Gasteiger partial charge in [0.25, 0.3) is 0 Å². The molecular formula is C26H26O4. The summed E-state index contributed by atoms with van der Waals surface area (Å²) in [6, 6.07) is 16.4. The first-order chi connectivity index (χ1) is 14.6. The third kappa shape index (κ3) is 2.46. The summed E-state index contributed by atoms with van der Waals surface area (Å²) in [4.78, 5) is 26.7. The quantitative estimate of drug-likeness (QED) is 0.339. The van der Waals surface area contributed by atoms with E-state index in [1.54, 1.807) is 0 Å². The van der Waals surface area contributed by atoms with Crippen LogP contribution in [0.2, 0.25) is 0 Å².